The lowest BCUT2D eigenvalue weighted by Gasteiger charge is -2.08. The molecule has 0 aliphatic rings. The molecule has 0 aliphatic heterocycles. The number of benzene rings is 2. The van der Waals surface area contributed by atoms with E-state index in [9.17, 15) is 0 Å². The Balaban J connectivity index is 2.14. The van der Waals surface area contributed by atoms with E-state index in [0.717, 1.165) is 28.0 Å². The van der Waals surface area contributed by atoms with Gasteiger partial charge in [0.2, 0.25) is 5.95 Å². The number of hydrogen-bond donors (Lipinski definition) is 1. The van der Waals surface area contributed by atoms with Crippen molar-refractivity contribution in [2.75, 3.05) is 12.3 Å². The fraction of sp³-hybridized carbons (Fsp3) is 0.188. The van der Waals surface area contributed by atoms with Gasteiger partial charge >= 0.3 is 0 Å². The quantitative estimate of drug-likeness (QED) is 0.792. The number of rotatable bonds is 3. The van der Waals surface area contributed by atoms with E-state index >= 15 is 0 Å². The topological polar surface area (TPSA) is 53.1 Å². The number of nitrogen functional groups attached to an aromatic ring is 1. The summed E-state index contributed by atoms with van der Waals surface area (Å²) in [6.45, 7) is 4.67. The van der Waals surface area contributed by atoms with Crippen molar-refractivity contribution in [3.8, 4) is 11.4 Å². The van der Waals surface area contributed by atoms with Crippen molar-refractivity contribution in [3.63, 3.8) is 0 Å². The number of nitrogens with zero attached hydrogens (tertiary/aromatic N) is 2. The molecule has 102 valence electrons. The van der Waals surface area contributed by atoms with Crippen LogP contribution in [0.2, 0.25) is 0 Å². The van der Waals surface area contributed by atoms with Crippen LogP contribution in [0.3, 0.4) is 0 Å². The molecule has 2 aromatic carbocycles. The van der Waals surface area contributed by atoms with Crippen molar-refractivity contribution < 1.29 is 4.74 Å². The molecule has 0 amide bonds. The number of hydrogen-bond acceptors (Lipinski definition) is 3. The molecule has 0 fully saturated rings. The molecule has 0 spiro atoms. The van der Waals surface area contributed by atoms with Crippen molar-refractivity contribution in [2.24, 2.45) is 0 Å². The highest BCUT2D eigenvalue weighted by atomic mass is 16.5. The van der Waals surface area contributed by atoms with Gasteiger partial charge in [-0.3, -0.25) is 4.57 Å². The average Bonchev–Trinajstić information content (AvgIpc) is 2.78. The Morgan fingerprint density at radius 2 is 1.90 bits per heavy atom. The number of anilines is 1. The van der Waals surface area contributed by atoms with E-state index < -0.39 is 0 Å². The van der Waals surface area contributed by atoms with E-state index in [1.807, 2.05) is 60.9 Å². The van der Waals surface area contributed by atoms with Gasteiger partial charge in [0.05, 0.1) is 17.6 Å². The SMILES string of the molecule is CCOc1ccc(-n2c(N)nc3c(C)cccc32)cc1. The minimum absolute atomic E-state index is 0.499. The van der Waals surface area contributed by atoms with E-state index in [0.29, 0.717) is 12.6 Å². The number of ether oxygens (including phenoxy) is 1. The highest BCUT2D eigenvalue weighted by Crippen LogP contribution is 2.26. The highest BCUT2D eigenvalue weighted by Gasteiger charge is 2.11. The molecule has 1 heterocycles. The van der Waals surface area contributed by atoms with E-state index in [2.05, 4.69) is 4.98 Å². The Bertz CT molecular complexity index is 744. The number of para-hydroxylation sites is 1. The smallest absolute Gasteiger partial charge is 0.205 e. The maximum Gasteiger partial charge on any atom is 0.205 e. The van der Waals surface area contributed by atoms with E-state index in [1.165, 1.54) is 0 Å². The fourth-order valence-electron chi connectivity index (χ4n) is 2.39. The third-order valence-corrected chi connectivity index (χ3v) is 3.32. The Morgan fingerprint density at radius 1 is 1.15 bits per heavy atom. The summed E-state index contributed by atoms with van der Waals surface area (Å²) in [5.74, 6) is 1.36. The van der Waals surface area contributed by atoms with Gasteiger partial charge in [-0.15, -0.1) is 0 Å². The summed E-state index contributed by atoms with van der Waals surface area (Å²) in [4.78, 5) is 4.46. The first-order valence-corrected chi connectivity index (χ1v) is 6.67. The van der Waals surface area contributed by atoms with Gasteiger partial charge in [0.1, 0.15) is 5.75 Å². The van der Waals surface area contributed by atoms with Gasteiger partial charge in [0.25, 0.3) is 0 Å². The van der Waals surface area contributed by atoms with E-state index in [-0.39, 0.29) is 0 Å². The summed E-state index contributed by atoms with van der Waals surface area (Å²) < 4.78 is 7.42. The van der Waals surface area contributed by atoms with Crippen LogP contribution in [0.5, 0.6) is 5.75 Å². The second-order valence-electron chi connectivity index (χ2n) is 4.67. The number of aromatic nitrogens is 2. The Hall–Kier alpha value is -2.49. The minimum atomic E-state index is 0.499. The molecule has 3 rings (SSSR count). The van der Waals surface area contributed by atoms with Gasteiger partial charge in [-0.2, -0.15) is 0 Å². The Morgan fingerprint density at radius 3 is 2.60 bits per heavy atom. The van der Waals surface area contributed by atoms with Crippen molar-refractivity contribution in [2.45, 2.75) is 13.8 Å². The third kappa shape index (κ3) is 1.99. The Labute approximate surface area is 117 Å². The lowest BCUT2D eigenvalue weighted by molar-refractivity contribution is 0.340. The highest BCUT2D eigenvalue weighted by molar-refractivity contribution is 5.83. The molecule has 0 bridgehead atoms. The van der Waals surface area contributed by atoms with Crippen LogP contribution < -0.4 is 10.5 Å². The molecule has 0 saturated carbocycles. The summed E-state index contributed by atoms with van der Waals surface area (Å²) in [5.41, 5.74) is 10.1. The molecule has 0 unspecified atom stereocenters. The normalized spacial score (nSPS) is 10.9. The zero-order valence-electron chi connectivity index (χ0n) is 11.6. The van der Waals surface area contributed by atoms with Crippen molar-refractivity contribution in [1.29, 1.82) is 0 Å². The van der Waals surface area contributed by atoms with Gasteiger partial charge in [-0.05, 0) is 49.7 Å². The molecule has 0 radical (unpaired) electrons. The van der Waals surface area contributed by atoms with Crippen LogP contribution in [0, 0.1) is 6.92 Å². The summed E-state index contributed by atoms with van der Waals surface area (Å²) in [6, 6.07) is 14.0. The first-order valence-electron chi connectivity index (χ1n) is 6.67. The number of imidazole rings is 1. The molecular weight excluding hydrogens is 250 g/mol. The third-order valence-electron chi connectivity index (χ3n) is 3.32. The molecule has 0 atom stereocenters. The van der Waals surface area contributed by atoms with Crippen LogP contribution in [0.4, 0.5) is 5.95 Å². The lowest BCUT2D eigenvalue weighted by atomic mass is 10.2. The summed E-state index contributed by atoms with van der Waals surface area (Å²) in [7, 11) is 0. The molecule has 0 aliphatic carbocycles. The molecule has 1 aromatic heterocycles. The minimum Gasteiger partial charge on any atom is -0.494 e. The Kier molecular flexibility index (Phi) is 3.06. The zero-order valence-corrected chi connectivity index (χ0v) is 11.6. The van der Waals surface area contributed by atoms with Crippen LogP contribution in [0.25, 0.3) is 16.7 Å². The lowest BCUT2D eigenvalue weighted by Crippen LogP contribution is -2.00. The monoisotopic (exact) mass is 267 g/mol. The summed E-state index contributed by atoms with van der Waals surface area (Å²) in [5, 5.41) is 0. The van der Waals surface area contributed by atoms with E-state index in [4.69, 9.17) is 10.5 Å². The molecule has 2 N–H and O–H groups in total. The van der Waals surface area contributed by atoms with Crippen molar-refractivity contribution in [3.05, 3.63) is 48.0 Å². The predicted octanol–water partition coefficient (Wildman–Crippen LogP) is 3.31. The second kappa shape index (κ2) is 4.89. The number of aryl methyl sites for hydroxylation is 1. The van der Waals surface area contributed by atoms with E-state index in [1.54, 1.807) is 0 Å². The molecular formula is C16H17N3O. The molecule has 4 nitrogen and oxygen atoms in total. The van der Waals surface area contributed by atoms with Gasteiger partial charge in [0, 0.05) is 5.69 Å². The maximum atomic E-state index is 6.07. The first-order chi connectivity index (χ1) is 9.70. The molecule has 3 aromatic rings. The van der Waals surface area contributed by atoms with Gasteiger partial charge in [0.15, 0.2) is 0 Å². The van der Waals surface area contributed by atoms with Crippen molar-refractivity contribution >= 4 is 17.0 Å². The van der Waals surface area contributed by atoms with Crippen molar-refractivity contribution in [1.82, 2.24) is 9.55 Å². The molecule has 20 heavy (non-hydrogen) atoms. The number of fused-ring (bicyclic) bond motifs is 1. The molecule has 0 saturated heterocycles. The van der Waals surface area contributed by atoms with Crippen LogP contribution in [0.1, 0.15) is 12.5 Å². The molecule has 4 heteroatoms. The van der Waals surface area contributed by atoms with Gasteiger partial charge < -0.3 is 10.5 Å². The first kappa shape index (κ1) is 12.5. The van der Waals surface area contributed by atoms with Crippen LogP contribution >= 0.6 is 0 Å². The fourth-order valence-corrected chi connectivity index (χ4v) is 2.39. The summed E-state index contributed by atoms with van der Waals surface area (Å²) in [6.07, 6.45) is 0. The van der Waals surface area contributed by atoms with Gasteiger partial charge in [-0.1, -0.05) is 12.1 Å². The van der Waals surface area contributed by atoms with Crippen LogP contribution in [0.15, 0.2) is 42.5 Å². The van der Waals surface area contributed by atoms with Crippen LogP contribution in [-0.2, 0) is 0 Å². The largest absolute Gasteiger partial charge is 0.494 e. The van der Waals surface area contributed by atoms with Crippen LogP contribution in [-0.4, -0.2) is 16.2 Å². The second-order valence-corrected chi connectivity index (χ2v) is 4.67. The predicted molar refractivity (Wildman–Crippen MR) is 81.4 cm³/mol. The average molecular weight is 267 g/mol. The standard InChI is InChI=1S/C16H17N3O/c1-3-20-13-9-7-12(8-10-13)19-14-6-4-5-11(2)15(14)18-16(19)17/h4-10H,3H2,1-2H3,(H2,17,18). The summed E-state index contributed by atoms with van der Waals surface area (Å²) >= 11 is 0. The number of nitrogens with two attached hydrogens (primary N) is 1. The maximum absolute atomic E-state index is 6.07. The van der Waals surface area contributed by atoms with Gasteiger partial charge in [-0.25, -0.2) is 4.98 Å². The zero-order chi connectivity index (χ0) is 14.1.